The Labute approximate surface area is 125 Å². The van der Waals surface area contributed by atoms with Crippen LogP contribution in [-0.4, -0.2) is 15.0 Å². The molecule has 0 aliphatic heterocycles. The second-order valence-corrected chi connectivity index (χ2v) is 7.33. The summed E-state index contributed by atoms with van der Waals surface area (Å²) in [6.07, 6.45) is 0.616. The maximum Gasteiger partial charge on any atom is 0.141 e. The maximum atomic E-state index is 5.96. The molecule has 0 radical (unpaired) electrons. The van der Waals surface area contributed by atoms with Crippen molar-refractivity contribution in [1.82, 2.24) is 15.0 Å². The molecule has 2 aromatic heterocycles. The highest BCUT2D eigenvalue weighted by molar-refractivity contribution is 9.10. The summed E-state index contributed by atoms with van der Waals surface area (Å²) < 4.78 is 0.790. The van der Waals surface area contributed by atoms with Gasteiger partial charge in [-0.05, 0) is 22.9 Å². The van der Waals surface area contributed by atoms with Gasteiger partial charge in [-0.1, -0.05) is 20.8 Å². The highest BCUT2D eigenvalue weighted by Gasteiger charge is 2.22. The number of hydrogen-bond donors (Lipinski definition) is 1. The molecule has 0 fully saturated rings. The first kappa shape index (κ1) is 14.4. The van der Waals surface area contributed by atoms with Gasteiger partial charge in [-0.3, -0.25) is 0 Å². The van der Waals surface area contributed by atoms with Gasteiger partial charge >= 0.3 is 0 Å². The lowest BCUT2D eigenvalue weighted by molar-refractivity contribution is 0.559. The van der Waals surface area contributed by atoms with Gasteiger partial charge in [-0.15, -0.1) is 11.3 Å². The van der Waals surface area contributed by atoms with Crippen molar-refractivity contribution in [2.24, 2.45) is 0 Å². The topological polar surface area (TPSA) is 64.7 Å². The van der Waals surface area contributed by atoms with Gasteiger partial charge in [0.2, 0.25) is 0 Å². The van der Waals surface area contributed by atoms with Gasteiger partial charge in [0.05, 0.1) is 27.3 Å². The Morgan fingerprint density at radius 1 is 1.26 bits per heavy atom. The lowest BCUT2D eigenvalue weighted by Gasteiger charge is -2.20. The standard InChI is InChI=1S/C13H17BrN4S/c1-7-16-8(6-19-7)5-9-17-11(13(2,3)4)10(14)12(15)18-9/h6H,5H2,1-4H3,(H2,15,17,18). The molecule has 2 rings (SSSR count). The predicted octanol–water partition coefficient (Wildman–Crippen LogP) is 3.47. The molecule has 0 bridgehead atoms. The van der Waals surface area contributed by atoms with Crippen molar-refractivity contribution in [3.8, 4) is 0 Å². The van der Waals surface area contributed by atoms with Gasteiger partial charge in [-0.25, -0.2) is 15.0 Å². The Hall–Kier alpha value is -1.01. The molecule has 2 aromatic rings. The Morgan fingerprint density at radius 3 is 2.47 bits per heavy atom. The summed E-state index contributed by atoms with van der Waals surface area (Å²) in [7, 11) is 0. The molecule has 0 saturated heterocycles. The van der Waals surface area contributed by atoms with Crippen LogP contribution >= 0.6 is 27.3 Å². The number of aryl methyl sites for hydroxylation is 1. The normalized spacial score (nSPS) is 11.8. The summed E-state index contributed by atoms with van der Waals surface area (Å²) >= 11 is 5.11. The monoisotopic (exact) mass is 340 g/mol. The van der Waals surface area contributed by atoms with Gasteiger partial charge in [0.15, 0.2) is 0 Å². The number of hydrogen-bond acceptors (Lipinski definition) is 5. The average Bonchev–Trinajstić information content (AvgIpc) is 2.67. The second-order valence-electron chi connectivity index (χ2n) is 5.47. The average molecular weight is 341 g/mol. The molecule has 2 N–H and O–H groups in total. The van der Waals surface area contributed by atoms with E-state index >= 15 is 0 Å². The van der Waals surface area contributed by atoms with Crippen molar-refractivity contribution in [3.63, 3.8) is 0 Å². The number of nitrogen functional groups attached to an aromatic ring is 1. The van der Waals surface area contributed by atoms with E-state index in [0.717, 1.165) is 26.7 Å². The van der Waals surface area contributed by atoms with Crippen molar-refractivity contribution in [2.45, 2.75) is 39.5 Å². The summed E-state index contributed by atoms with van der Waals surface area (Å²) in [5, 5.41) is 3.09. The highest BCUT2D eigenvalue weighted by atomic mass is 79.9. The van der Waals surface area contributed by atoms with Gasteiger partial charge < -0.3 is 5.73 Å². The molecule has 0 atom stereocenters. The lowest BCUT2D eigenvalue weighted by atomic mass is 9.92. The third kappa shape index (κ3) is 3.30. The molecule has 0 amide bonds. The van der Waals surface area contributed by atoms with E-state index in [2.05, 4.69) is 51.7 Å². The minimum atomic E-state index is -0.0807. The van der Waals surface area contributed by atoms with E-state index in [1.165, 1.54) is 0 Å². The number of aromatic nitrogens is 3. The summed E-state index contributed by atoms with van der Waals surface area (Å²) in [4.78, 5) is 13.4. The fraction of sp³-hybridized carbons (Fsp3) is 0.462. The van der Waals surface area contributed by atoms with Crippen LogP contribution in [0.25, 0.3) is 0 Å². The van der Waals surface area contributed by atoms with Crippen molar-refractivity contribution < 1.29 is 0 Å². The lowest BCUT2D eigenvalue weighted by Crippen LogP contribution is -2.18. The molecule has 0 unspecified atom stereocenters. The number of halogens is 1. The Bertz CT molecular complexity index is 601. The number of nitrogens with two attached hydrogens (primary N) is 1. The summed E-state index contributed by atoms with van der Waals surface area (Å²) in [6.45, 7) is 8.31. The molecular formula is C13H17BrN4S. The highest BCUT2D eigenvalue weighted by Crippen LogP contribution is 2.31. The van der Waals surface area contributed by atoms with Crippen LogP contribution in [0.4, 0.5) is 5.82 Å². The third-order valence-electron chi connectivity index (χ3n) is 2.64. The van der Waals surface area contributed by atoms with E-state index in [1.54, 1.807) is 11.3 Å². The number of anilines is 1. The molecule has 0 aliphatic rings. The molecule has 0 aliphatic carbocycles. The quantitative estimate of drug-likeness (QED) is 0.908. The molecule has 102 valence electrons. The van der Waals surface area contributed by atoms with E-state index < -0.39 is 0 Å². The Morgan fingerprint density at radius 2 is 1.95 bits per heavy atom. The largest absolute Gasteiger partial charge is 0.383 e. The molecular weight excluding hydrogens is 324 g/mol. The van der Waals surface area contributed by atoms with Gasteiger partial charge in [-0.2, -0.15) is 0 Å². The van der Waals surface area contributed by atoms with Gasteiger partial charge in [0.25, 0.3) is 0 Å². The second kappa shape index (κ2) is 5.17. The predicted molar refractivity (Wildman–Crippen MR) is 82.5 cm³/mol. The first-order chi connectivity index (χ1) is 8.77. The molecule has 2 heterocycles. The van der Waals surface area contributed by atoms with Crippen LogP contribution in [0.2, 0.25) is 0 Å². The SMILES string of the molecule is Cc1nc(Cc2nc(N)c(Br)c(C(C)(C)C)n2)cs1. The van der Waals surface area contributed by atoms with Crippen molar-refractivity contribution in [1.29, 1.82) is 0 Å². The number of nitrogens with zero attached hydrogens (tertiary/aromatic N) is 3. The maximum absolute atomic E-state index is 5.96. The summed E-state index contributed by atoms with van der Waals surface area (Å²) in [5.74, 6) is 1.21. The smallest absolute Gasteiger partial charge is 0.141 e. The molecule has 19 heavy (non-hydrogen) atoms. The first-order valence-corrected chi connectivity index (χ1v) is 7.68. The van der Waals surface area contributed by atoms with Crippen molar-refractivity contribution in [2.75, 3.05) is 5.73 Å². The van der Waals surface area contributed by atoms with Crippen LogP contribution in [0.3, 0.4) is 0 Å². The van der Waals surface area contributed by atoms with Crippen molar-refractivity contribution >= 4 is 33.1 Å². The van der Waals surface area contributed by atoms with E-state index in [9.17, 15) is 0 Å². The van der Waals surface area contributed by atoms with E-state index in [-0.39, 0.29) is 5.41 Å². The van der Waals surface area contributed by atoms with E-state index in [1.807, 2.05) is 12.3 Å². The molecule has 0 spiro atoms. The molecule has 6 heteroatoms. The Kier molecular flexibility index (Phi) is 3.92. The number of rotatable bonds is 2. The van der Waals surface area contributed by atoms with E-state index in [4.69, 9.17) is 5.73 Å². The molecule has 4 nitrogen and oxygen atoms in total. The van der Waals surface area contributed by atoms with Crippen LogP contribution < -0.4 is 5.73 Å². The van der Waals surface area contributed by atoms with Gasteiger partial charge in [0, 0.05) is 10.8 Å². The molecule has 0 aromatic carbocycles. The number of thiazole rings is 1. The van der Waals surface area contributed by atoms with Crippen LogP contribution in [-0.2, 0) is 11.8 Å². The fourth-order valence-electron chi connectivity index (χ4n) is 1.74. The van der Waals surface area contributed by atoms with Gasteiger partial charge in [0.1, 0.15) is 11.6 Å². The Balaban J connectivity index is 2.39. The van der Waals surface area contributed by atoms with Crippen LogP contribution in [0.15, 0.2) is 9.85 Å². The first-order valence-electron chi connectivity index (χ1n) is 6.00. The molecule has 0 saturated carbocycles. The minimum Gasteiger partial charge on any atom is -0.383 e. The van der Waals surface area contributed by atoms with Crippen molar-refractivity contribution in [3.05, 3.63) is 32.1 Å². The summed E-state index contributed by atoms with van der Waals surface area (Å²) in [6, 6.07) is 0. The zero-order valence-corrected chi connectivity index (χ0v) is 13.9. The third-order valence-corrected chi connectivity index (χ3v) is 4.24. The minimum absolute atomic E-state index is 0.0807. The van der Waals surface area contributed by atoms with Crippen LogP contribution in [0.5, 0.6) is 0 Å². The zero-order valence-electron chi connectivity index (χ0n) is 11.5. The zero-order chi connectivity index (χ0) is 14.2. The van der Waals surface area contributed by atoms with Crippen LogP contribution in [0.1, 0.15) is 43.0 Å². The van der Waals surface area contributed by atoms with E-state index in [0.29, 0.717) is 12.2 Å². The fourth-order valence-corrected chi connectivity index (χ4v) is 3.12. The summed E-state index contributed by atoms with van der Waals surface area (Å²) in [5.41, 5.74) is 7.80. The van der Waals surface area contributed by atoms with Crippen LogP contribution in [0, 0.1) is 6.92 Å².